The number of benzene rings is 2. The van der Waals surface area contributed by atoms with Crippen LogP contribution in [-0.2, 0) is 0 Å². The summed E-state index contributed by atoms with van der Waals surface area (Å²) in [5.74, 6) is 0. The topological polar surface area (TPSA) is 52.5 Å². The molecule has 41 heavy (non-hydrogen) atoms. The van der Waals surface area contributed by atoms with Crippen LogP contribution in [0, 0.1) is 15.9 Å². The number of H-pyrrole nitrogens is 1. The average Bonchev–Trinajstić information content (AvgIpc) is 3.71. The Morgan fingerprint density at radius 3 is 2.15 bits per heavy atom. The molecule has 2 aromatic carbocycles. The molecule has 1 fully saturated rings. The van der Waals surface area contributed by atoms with E-state index in [2.05, 4.69) is 167 Å². The fourth-order valence-electron chi connectivity index (χ4n) is 6.12. The predicted molar refractivity (Wildman–Crippen MR) is 187 cm³/mol. The van der Waals surface area contributed by atoms with E-state index in [0.29, 0.717) is 0 Å². The van der Waals surface area contributed by atoms with Gasteiger partial charge in [-0.25, -0.2) is 9.98 Å². The Bertz CT molecular complexity index is 1880. The number of hydrogen-bond acceptors (Lipinski definition) is 3. The molecule has 0 radical (unpaired) electrons. The zero-order valence-corrected chi connectivity index (χ0v) is 27.5. The van der Waals surface area contributed by atoms with Crippen LogP contribution >= 0.6 is 45.2 Å². The van der Waals surface area contributed by atoms with E-state index in [1.54, 1.807) is 0 Å². The van der Waals surface area contributed by atoms with Gasteiger partial charge in [-0.05, 0) is 130 Å². The fourth-order valence-corrected chi connectivity index (χ4v) is 7.08. The molecule has 2 unspecified atom stereocenters. The number of fused-ring (bicyclic) bond motifs is 6. The number of rotatable bonds is 2. The van der Waals surface area contributed by atoms with Gasteiger partial charge in [0.05, 0.1) is 22.8 Å². The number of aromatic amines is 1. The minimum atomic E-state index is 0.0860. The monoisotopic (exact) mass is 760 g/mol. The molecule has 0 saturated carbocycles. The first kappa shape index (κ1) is 27.0. The van der Waals surface area contributed by atoms with Crippen molar-refractivity contribution in [2.24, 2.45) is 15.4 Å². The highest BCUT2D eigenvalue weighted by Gasteiger charge is 2.39. The minimum absolute atomic E-state index is 0.0860. The summed E-state index contributed by atoms with van der Waals surface area (Å²) in [7, 11) is 0. The van der Waals surface area contributed by atoms with Gasteiger partial charge in [0, 0.05) is 41.1 Å². The highest BCUT2D eigenvalue weighted by molar-refractivity contribution is 14.1. The zero-order chi connectivity index (χ0) is 28.3. The lowest BCUT2D eigenvalue weighted by Crippen LogP contribution is -2.32. The Balaban J connectivity index is 1.55. The molecule has 0 amide bonds. The molecule has 5 heterocycles. The number of halogens is 2. The molecule has 1 aromatic heterocycles. The van der Waals surface area contributed by atoms with Gasteiger partial charge in [-0.1, -0.05) is 55.8 Å². The van der Waals surface area contributed by atoms with Crippen LogP contribution in [0.5, 0.6) is 0 Å². The summed E-state index contributed by atoms with van der Waals surface area (Å²) >= 11 is 4.80. The van der Waals surface area contributed by atoms with Crippen LogP contribution in [0.15, 0.2) is 116 Å². The fraction of sp³-hybridized carbons (Fsp3) is 0.200. The Hall–Kier alpha value is -2.82. The number of allylic oxidation sites excluding steroid dienone is 4. The van der Waals surface area contributed by atoms with E-state index in [9.17, 15) is 0 Å². The smallest absolute Gasteiger partial charge is 0.0747 e. The summed E-state index contributed by atoms with van der Waals surface area (Å²) in [6.07, 6.45) is 12.2. The van der Waals surface area contributed by atoms with Gasteiger partial charge in [0.2, 0.25) is 0 Å². The minimum Gasteiger partial charge on any atom is -0.354 e. The first-order valence-electron chi connectivity index (χ1n) is 13.9. The largest absolute Gasteiger partial charge is 0.354 e. The standard InChI is InChI=1S/C35H30I2N4/c1-20-4-6-21(7-5-20)34-29-15-14-28(40-29)33(22-8-10-23(36)11-9-22)27-13-12-24(38-27)16-25-19-35(2,3)32(39-25)18-30-26(37)17-31(34)41-30/h4-18,25,32,39-40H,19H2,1-3H3/b24-16-,30-18-,33-28-,34-29-. The van der Waals surface area contributed by atoms with Gasteiger partial charge in [0.25, 0.3) is 0 Å². The summed E-state index contributed by atoms with van der Waals surface area (Å²) in [6.45, 7) is 6.81. The Kier molecular flexibility index (Phi) is 6.90. The van der Waals surface area contributed by atoms with Gasteiger partial charge in [-0.15, -0.1) is 0 Å². The lowest BCUT2D eigenvalue weighted by atomic mass is 9.83. The second-order valence-electron chi connectivity index (χ2n) is 11.8. The van der Waals surface area contributed by atoms with Crippen LogP contribution < -0.4 is 16.0 Å². The van der Waals surface area contributed by atoms with Crippen LogP contribution in [0.4, 0.5) is 0 Å². The van der Waals surface area contributed by atoms with E-state index < -0.39 is 0 Å². The highest BCUT2D eigenvalue weighted by Crippen LogP contribution is 2.38. The number of aromatic nitrogens is 1. The van der Waals surface area contributed by atoms with Crippen molar-refractivity contribution in [3.05, 3.63) is 137 Å². The Morgan fingerprint density at radius 1 is 0.780 bits per heavy atom. The molecule has 0 aliphatic carbocycles. The van der Waals surface area contributed by atoms with E-state index in [4.69, 9.17) is 9.98 Å². The molecule has 8 bridgehead atoms. The molecule has 4 aliphatic heterocycles. The number of nitrogens with one attached hydrogen (secondary N) is 2. The number of nitrogens with zero attached hydrogens (tertiary/aromatic N) is 2. The first-order valence-corrected chi connectivity index (χ1v) is 16.1. The maximum atomic E-state index is 5.24. The average molecular weight is 760 g/mol. The molecule has 2 N–H and O–H groups in total. The van der Waals surface area contributed by atoms with Crippen LogP contribution in [0.1, 0.15) is 37.0 Å². The van der Waals surface area contributed by atoms with Crippen molar-refractivity contribution >= 4 is 67.8 Å². The molecule has 4 nitrogen and oxygen atoms in total. The first-order chi connectivity index (χ1) is 19.7. The van der Waals surface area contributed by atoms with E-state index in [1.807, 2.05) is 0 Å². The molecule has 0 spiro atoms. The van der Waals surface area contributed by atoms with Crippen molar-refractivity contribution in [3.63, 3.8) is 0 Å². The zero-order valence-electron chi connectivity index (χ0n) is 23.2. The van der Waals surface area contributed by atoms with Crippen molar-refractivity contribution in [3.8, 4) is 0 Å². The molecular formula is C35H30I2N4. The number of hydrogen-bond donors (Lipinski definition) is 2. The van der Waals surface area contributed by atoms with Crippen LogP contribution in [0.2, 0.25) is 0 Å². The van der Waals surface area contributed by atoms with Crippen LogP contribution in [0.25, 0.3) is 11.1 Å². The van der Waals surface area contributed by atoms with Crippen LogP contribution in [-0.4, -0.2) is 28.5 Å². The summed E-state index contributed by atoms with van der Waals surface area (Å²) < 4.78 is 2.37. The maximum absolute atomic E-state index is 5.24. The number of aliphatic imine (C=N–C) groups is 2. The molecule has 4 aliphatic rings. The SMILES string of the molecule is Cc1ccc(/C2=c3\cc/c([nH]3)=C(\c3ccc(I)cc3)C3=N/C(=C\C4CC(C)(C)C(/C=C5N=C2C=C\5I)N4)C=C3)cc1. The molecule has 7 rings (SSSR count). The van der Waals surface area contributed by atoms with Crippen molar-refractivity contribution in [1.82, 2.24) is 10.3 Å². The maximum Gasteiger partial charge on any atom is 0.0747 e. The third-order valence-electron chi connectivity index (χ3n) is 8.30. The quantitative estimate of drug-likeness (QED) is 0.283. The van der Waals surface area contributed by atoms with Crippen molar-refractivity contribution in [1.29, 1.82) is 0 Å². The summed E-state index contributed by atoms with van der Waals surface area (Å²) in [4.78, 5) is 14.2. The third-order valence-corrected chi connectivity index (χ3v) is 9.88. The molecule has 3 aromatic rings. The lowest BCUT2D eigenvalue weighted by molar-refractivity contribution is 0.355. The normalized spacial score (nSPS) is 28.0. The predicted octanol–water partition coefficient (Wildman–Crippen LogP) is 6.65. The van der Waals surface area contributed by atoms with E-state index in [0.717, 1.165) is 65.8 Å². The summed E-state index contributed by atoms with van der Waals surface area (Å²) in [5, 5.41) is 5.95. The van der Waals surface area contributed by atoms with E-state index in [1.165, 1.54) is 9.13 Å². The van der Waals surface area contributed by atoms with Gasteiger partial charge >= 0.3 is 0 Å². The summed E-state index contributed by atoms with van der Waals surface area (Å²) in [5.41, 5.74) is 9.80. The van der Waals surface area contributed by atoms with Gasteiger partial charge in [0.1, 0.15) is 0 Å². The lowest BCUT2D eigenvalue weighted by Gasteiger charge is -2.23. The van der Waals surface area contributed by atoms with Crippen LogP contribution in [0.3, 0.4) is 0 Å². The second kappa shape index (κ2) is 10.5. The highest BCUT2D eigenvalue weighted by atomic mass is 127. The van der Waals surface area contributed by atoms with Crippen molar-refractivity contribution < 1.29 is 0 Å². The van der Waals surface area contributed by atoms with Gasteiger partial charge in [-0.2, -0.15) is 0 Å². The van der Waals surface area contributed by atoms with Crippen molar-refractivity contribution in [2.45, 2.75) is 39.3 Å². The van der Waals surface area contributed by atoms with E-state index >= 15 is 0 Å². The van der Waals surface area contributed by atoms with Gasteiger partial charge in [0.15, 0.2) is 0 Å². The molecule has 204 valence electrons. The Morgan fingerprint density at radius 2 is 1.44 bits per heavy atom. The van der Waals surface area contributed by atoms with Crippen molar-refractivity contribution in [2.75, 3.05) is 0 Å². The van der Waals surface area contributed by atoms with Gasteiger partial charge < -0.3 is 10.3 Å². The third kappa shape index (κ3) is 5.19. The van der Waals surface area contributed by atoms with E-state index in [-0.39, 0.29) is 17.5 Å². The van der Waals surface area contributed by atoms with Gasteiger partial charge in [-0.3, -0.25) is 0 Å². The Labute approximate surface area is 267 Å². The second-order valence-corrected chi connectivity index (χ2v) is 14.2. The molecule has 6 heteroatoms. The molecule has 1 saturated heterocycles. The molecular weight excluding hydrogens is 730 g/mol. The summed E-state index contributed by atoms with van der Waals surface area (Å²) in [6, 6.07) is 22.2. The molecule has 2 atom stereocenters. The number of aryl methyl sites for hydroxylation is 1.